The van der Waals surface area contributed by atoms with E-state index in [-0.39, 0.29) is 33.0 Å². The van der Waals surface area contributed by atoms with E-state index in [0.29, 0.717) is 39.3 Å². The van der Waals surface area contributed by atoms with Crippen LogP contribution in [0.2, 0.25) is 5.02 Å². The number of piperazine rings is 1. The van der Waals surface area contributed by atoms with E-state index in [0.717, 1.165) is 0 Å². The van der Waals surface area contributed by atoms with Crippen LogP contribution in [0.5, 0.6) is 0 Å². The highest BCUT2D eigenvalue weighted by molar-refractivity contribution is 7.89. The summed E-state index contributed by atoms with van der Waals surface area (Å²) < 4.78 is 26.9. The number of amides is 2. The van der Waals surface area contributed by atoms with Gasteiger partial charge in [0.15, 0.2) is 0 Å². The van der Waals surface area contributed by atoms with E-state index < -0.39 is 10.0 Å². The van der Waals surface area contributed by atoms with Gasteiger partial charge in [0.05, 0.1) is 21.7 Å². The third kappa shape index (κ3) is 4.86. The Bertz CT molecular complexity index is 1050. The summed E-state index contributed by atoms with van der Waals surface area (Å²) in [6.45, 7) is 5.42. The van der Waals surface area contributed by atoms with Gasteiger partial charge in [-0.3, -0.25) is 14.6 Å². The number of aromatic nitrogens is 2. The number of rotatable bonds is 6. The fourth-order valence-corrected chi connectivity index (χ4v) is 5.08. The molecule has 11 heteroatoms. The van der Waals surface area contributed by atoms with Gasteiger partial charge in [-0.05, 0) is 18.2 Å². The van der Waals surface area contributed by atoms with Crippen molar-refractivity contribution >= 4 is 33.4 Å². The molecule has 0 spiro atoms. The van der Waals surface area contributed by atoms with Crippen molar-refractivity contribution in [2.24, 2.45) is 0 Å². The second-order valence-electron chi connectivity index (χ2n) is 6.91. The number of hydrogen-bond donors (Lipinski definition) is 0. The van der Waals surface area contributed by atoms with Crippen LogP contribution in [0.1, 0.15) is 34.7 Å². The minimum absolute atomic E-state index is 0.0282. The van der Waals surface area contributed by atoms with Gasteiger partial charge in [0.25, 0.3) is 11.8 Å². The summed E-state index contributed by atoms with van der Waals surface area (Å²) in [7, 11) is -3.72. The van der Waals surface area contributed by atoms with Crippen molar-refractivity contribution < 1.29 is 18.0 Å². The van der Waals surface area contributed by atoms with Gasteiger partial charge in [0, 0.05) is 51.7 Å². The minimum Gasteiger partial charge on any atom is -0.335 e. The van der Waals surface area contributed by atoms with E-state index in [4.69, 9.17) is 11.6 Å². The highest BCUT2D eigenvalue weighted by atomic mass is 35.5. The van der Waals surface area contributed by atoms with Crippen molar-refractivity contribution in [3.05, 3.63) is 53.1 Å². The number of sulfonamides is 1. The van der Waals surface area contributed by atoms with E-state index in [1.54, 1.807) is 23.6 Å². The third-order valence-electron chi connectivity index (χ3n) is 5.15. The molecule has 0 atom stereocenters. The van der Waals surface area contributed by atoms with Crippen molar-refractivity contribution in [3.63, 3.8) is 0 Å². The molecular formula is C20H24ClN5O4S. The third-order valence-corrected chi connectivity index (χ3v) is 7.52. The molecule has 2 heterocycles. The van der Waals surface area contributed by atoms with Crippen molar-refractivity contribution in [2.75, 3.05) is 39.3 Å². The summed E-state index contributed by atoms with van der Waals surface area (Å²) in [5.41, 5.74) is 0.378. The molecular weight excluding hydrogens is 442 g/mol. The summed E-state index contributed by atoms with van der Waals surface area (Å²) >= 11 is 6.23. The molecule has 2 aromatic rings. The van der Waals surface area contributed by atoms with E-state index in [1.807, 2.05) is 0 Å². The van der Waals surface area contributed by atoms with Crippen LogP contribution in [0.4, 0.5) is 0 Å². The number of hydrogen-bond acceptors (Lipinski definition) is 6. The van der Waals surface area contributed by atoms with Gasteiger partial charge in [-0.1, -0.05) is 25.4 Å². The maximum Gasteiger partial charge on any atom is 0.274 e. The molecule has 2 amide bonds. The first-order valence-corrected chi connectivity index (χ1v) is 11.8. The molecule has 0 unspecified atom stereocenters. The second-order valence-corrected chi connectivity index (χ2v) is 9.25. The molecule has 9 nitrogen and oxygen atoms in total. The Morgan fingerprint density at radius 3 is 2.19 bits per heavy atom. The van der Waals surface area contributed by atoms with Crippen LogP contribution >= 0.6 is 11.6 Å². The Labute approximate surface area is 186 Å². The smallest absolute Gasteiger partial charge is 0.274 e. The normalized spacial score (nSPS) is 14.7. The first-order chi connectivity index (χ1) is 14.8. The number of carbonyl (C=O) groups excluding carboxylic acids is 2. The molecule has 0 saturated carbocycles. The fraction of sp³-hybridized carbons (Fsp3) is 0.400. The summed E-state index contributed by atoms with van der Waals surface area (Å²) in [6.07, 6.45) is 4.35. The Kier molecular flexibility index (Phi) is 7.24. The molecule has 1 saturated heterocycles. The standard InChI is InChI=1S/C20H24ClN5O4S/c1-3-26(4-2)31(29,30)15-5-6-17(21)16(13-15)19(27)24-9-11-25(12-10-24)20(28)18-14-22-7-8-23-18/h5-8,13-14H,3-4,9-12H2,1-2H3. The minimum atomic E-state index is -3.72. The zero-order valence-corrected chi connectivity index (χ0v) is 18.9. The van der Waals surface area contributed by atoms with Crippen LogP contribution in [0.3, 0.4) is 0 Å². The predicted octanol–water partition coefficient (Wildman–Crippen LogP) is 1.76. The molecule has 1 aliphatic rings. The molecule has 1 aromatic heterocycles. The van der Waals surface area contributed by atoms with E-state index in [1.165, 1.54) is 41.1 Å². The largest absolute Gasteiger partial charge is 0.335 e. The SMILES string of the molecule is CCN(CC)S(=O)(=O)c1ccc(Cl)c(C(=O)N2CCN(C(=O)c3cnccn3)CC2)c1. The van der Waals surface area contributed by atoms with Crippen LogP contribution in [0.25, 0.3) is 0 Å². The van der Waals surface area contributed by atoms with E-state index in [2.05, 4.69) is 9.97 Å². The Balaban J connectivity index is 1.75. The summed E-state index contributed by atoms with van der Waals surface area (Å²) in [4.78, 5) is 36.7. The zero-order valence-electron chi connectivity index (χ0n) is 17.4. The molecule has 1 aliphatic heterocycles. The first-order valence-electron chi connectivity index (χ1n) is 9.93. The van der Waals surface area contributed by atoms with Gasteiger partial charge in [-0.2, -0.15) is 4.31 Å². The molecule has 1 aromatic carbocycles. The maximum atomic E-state index is 13.1. The number of benzene rings is 1. The molecule has 0 N–H and O–H groups in total. The molecule has 31 heavy (non-hydrogen) atoms. The number of halogens is 1. The average Bonchev–Trinajstić information content (AvgIpc) is 2.79. The van der Waals surface area contributed by atoms with E-state index >= 15 is 0 Å². The van der Waals surface area contributed by atoms with Gasteiger partial charge < -0.3 is 9.80 Å². The fourth-order valence-electron chi connectivity index (χ4n) is 3.40. The van der Waals surface area contributed by atoms with Gasteiger partial charge >= 0.3 is 0 Å². The van der Waals surface area contributed by atoms with Gasteiger partial charge in [0.1, 0.15) is 5.69 Å². The van der Waals surface area contributed by atoms with Gasteiger partial charge in [0.2, 0.25) is 10.0 Å². The monoisotopic (exact) mass is 465 g/mol. The lowest BCUT2D eigenvalue weighted by Crippen LogP contribution is -2.50. The number of nitrogens with zero attached hydrogens (tertiary/aromatic N) is 5. The lowest BCUT2D eigenvalue weighted by Gasteiger charge is -2.34. The Morgan fingerprint density at radius 2 is 1.65 bits per heavy atom. The van der Waals surface area contributed by atoms with Crippen LogP contribution in [-0.4, -0.2) is 83.6 Å². The summed E-state index contributed by atoms with van der Waals surface area (Å²) in [5, 5.41) is 0.182. The maximum absolute atomic E-state index is 13.1. The van der Waals surface area contributed by atoms with E-state index in [9.17, 15) is 18.0 Å². The van der Waals surface area contributed by atoms with Gasteiger partial charge in [-0.15, -0.1) is 0 Å². The first kappa shape index (κ1) is 23.1. The zero-order chi connectivity index (χ0) is 22.6. The lowest BCUT2D eigenvalue weighted by atomic mass is 10.1. The molecule has 3 rings (SSSR count). The highest BCUT2D eigenvalue weighted by Crippen LogP contribution is 2.25. The average molecular weight is 466 g/mol. The predicted molar refractivity (Wildman–Crippen MR) is 115 cm³/mol. The van der Waals surface area contributed by atoms with Crippen LogP contribution in [-0.2, 0) is 10.0 Å². The Hall–Kier alpha value is -2.56. The summed E-state index contributed by atoms with van der Waals surface area (Å²) in [5.74, 6) is -0.612. The number of carbonyl (C=O) groups is 2. The lowest BCUT2D eigenvalue weighted by molar-refractivity contribution is 0.0532. The van der Waals surface area contributed by atoms with Crippen molar-refractivity contribution in [3.8, 4) is 0 Å². The molecule has 166 valence electrons. The topological polar surface area (TPSA) is 104 Å². The molecule has 0 aliphatic carbocycles. The van der Waals surface area contributed by atoms with Gasteiger partial charge in [-0.25, -0.2) is 13.4 Å². The Morgan fingerprint density at radius 1 is 1.03 bits per heavy atom. The molecule has 0 bridgehead atoms. The van der Waals surface area contributed by atoms with Crippen LogP contribution < -0.4 is 0 Å². The quantitative estimate of drug-likeness (QED) is 0.643. The second kappa shape index (κ2) is 9.71. The van der Waals surface area contributed by atoms with Crippen molar-refractivity contribution in [1.82, 2.24) is 24.1 Å². The molecule has 1 fully saturated rings. The van der Waals surface area contributed by atoms with Crippen molar-refractivity contribution in [1.29, 1.82) is 0 Å². The molecule has 0 radical (unpaired) electrons. The van der Waals surface area contributed by atoms with Crippen LogP contribution in [0.15, 0.2) is 41.7 Å². The summed E-state index contributed by atoms with van der Waals surface area (Å²) in [6, 6.07) is 4.17. The van der Waals surface area contributed by atoms with Crippen LogP contribution in [0, 0.1) is 0 Å². The van der Waals surface area contributed by atoms with Crippen molar-refractivity contribution in [2.45, 2.75) is 18.7 Å². The highest BCUT2D eigenvalue weighted by Gasteiger charge is 2.29.